The number of unbranched alkanes of at least 4 members (excludes halogenated alkanes) is 3. The molecule has 0 bridgehead atoms. The molecule has 0 aliphatic heterocycles. The fraction of sp³-hybridized carbons (Fsp3) is 0.333. The van der Waals surface area contributed by atoms with E-state index < -0.39 is 0 Å². The third-order valence-corrected chi connectivity index (χ3v) is 4.05. The average Bonchev–Trinajstić information content (AvgIpc) is 2.62. The fourth-order valence-corrected chi connectivity index (χ4v) is 2.69. The highest BCUT2D eigenvalue weighted by molar-refractivity contribution is 5.97. The molecule has 0 unspecified atom stereocenters. The van der Waals surface area contributed by atoms with Gasteiger partial charge in [-0.3, -0.25) is 9.59 Å². The lowest BCUT2D eigenvalue weighted by Gasteiger charge is -2.02. The van der Waals surface area contributed by atoms with Crippen molar-refractivity contribution in [3.8, 4) is 0 Å². The highest BCUT2D eigenvalue weighted by Gasteiger charge is 2.01. The molecule has 2 aromatic carbocycles. The van der Waals surface area contributed by atoms with E-state index in [-0.39, 0.29) is 11.8 Å². The molecule has 0 spiro atoms. The van der Waals surface area contributed by atoms with Crippen LogP contribution in [0.25, 0.3) is 16.8 Å². The molecule has 0 fully saturated rings. The van der Waals surface area contributed by atoms with E-state index in [4.69, 9.17) is 0 Å². The molecule has 0 atom stereocenters. The molecule has 2 aromatic rings. The standard InChI is InChI=1S/C21H24O3/c1-24-21(23)14-5-3-2-4-12-19(22)16-15-18-11-8-10-17-9-6-7-13-20(17)18/h6-11,13,15-16H,2-5,12,14H2,1H3/b16-15+. The average molecular weight is 324 g/mol. The first-order chi connectivity index (χ1) is 11.7. The summed E-state index contributed by atoms with van der Waals surface area (Å²) in [7, 11) is 1.41. The largest absolute Gasteiger partial charge is 0.469 e. The number of carbonyl (C=O) groups excluding carboxylic acids is 2. The Bertz CT molecular complexity index is 711. The zero-order chi connectivity index (χ0) is 17.2. The Hall–Kier alpha value is -2.42. The van der Waals surface area contributed by atoms with Gasteiger partial charge in [0.1, 0.15) is 0 Å². The van der Waals surface area contributed by atoms with Crippen molar-refractivity contribution in [2.24, 2.45) is 0 Å². The van der Waals surface area contributed by atoms with Crippen LogP contribution in [0.15, 0.2) is 48.5 Å². The lowest BCUT2D eigenvalue weighted by molar-refractivity contribution is -0.140. The Labute approximate surface area is 143 Å². The number of esters is 1. The van der Waals surface area contributed by atoms with E-state index in [1.807, 2.05) is 30.3 Å². The molecule has 0 saturated carbocycles. The van der Waals surface area contributed by atoms with E-state index in [1.54, 1.807) is 6.08 Å². The number of ketones is 1. The van der Waals surface area contributed by atoms with Crippen molar-refractivity contribution in [1.82, 2.24) is 0 Å². The van der Waals surface area contributed by atoms with Crippen LogP contribution in [0.2, 0.25) is 0 Å². The lowest BCUT2D eigenvalue weighted by Crippen LogP contribution is -1.99. The molecule has 3 nitrogen and oxygen atoms in total. The Morgan fingerprint density at radius 3 is 2.42 bits per heavy atom. The van der Waals surface area contributed by atoms with Gasteiger partial charge < -0.3 is 4.74 Å². The summed E-state index contributed by atoms with van der Waals surface area (Å²) in [6.45, 7) is 0. The molecule has 0 aliphatic carbocycles. The summed E-state index contributed by atoms with van der Waals surface area (Å²) in [4.78, 5) is 23.0. The molecule has 0 saturated heterocycles. The number of hydrogen-bond donors (Lipinski definition) is 0. The number of carbonyl (C=O) groups is 2. The van der Waals surface area contributed by atoms with Crippen LogP contribution in [0.1, 0.15) is 44.1 Å². The topological polar surface area (TPSA) is 43.4 Å². The predicted octanol–water partition coefficient (Wildman–Crippen LogP) is 4.94. The van der Waals surface area contributed by atoms with Crippen LogP contribution in [0, 0.1) is 0 Å². The van der Waals surface area contributed by atoms with E-state index in [9.17, 15) is 9.59 Å². The second-order valence-electron chi connectivity index (χ2n) is 5.86. The Morgan fingerprint density at radius 1 is 0.917 bits per heavy atom. The van der Waals surface area contributed by atoms with Crippen LogP contribution in [0.4, 0.5) is 0 Å². The zero-order valence-electron chi connectivity index (χ0n) is 14.2. The van der Waals surface area contributed by atoms with Gasteiger partial charge in [-0.25, -0.2) is 0 Å². The van der Waals surface area contributed by atoms with E-state index in [1.165, 1.54) is 12.5 Å². The molecular formula is C21H24O3. The van der Waals surface area contributed by atoms with Crippen LogP contribution in [-0.4, -0.2) is 18.9 Å². The maximum absolute atomic E-state index is 12.0. The molecule has 0 radical (unpaired) electrons. The van der Waals surface area contributed by atoms with Crippen LogP contribution in [-0.2, 0) is 14.3 Å². The van der Waals surface area contributed by atoms with Crippen molar-refractivity contribution >= 4 is 28.6 Å². The van der Waals surface area contributed by atoms with Crippen LogP contribution in [0.5, 0.6) is 0 Å². The number of allylic oxidation sites excluding steroid dienone is 1. The summed E-state index contributed by atoms with van der Waals surface area (Å²) < 4.78 is 4.60. The third kappa shape index (κ3) is 5.65. The predicted molar refractivity (Wildman–Crippen MR) is 97.7 cm³/mol. The van der Waals surface area contributed by atoms with Crippen molar-refractivity contribution < 1.29 is 14.3 Å². The quantitative estimate of drug-likeness (QED) is 0.373. The molecule has 3 heteroatoms. The number of rotatable bonds is 9. The SMILES string of the molecule is COC(=O)CCCCCCC(=O)/C=C/c1cccc2ccccc12. The van der Waals surface area contributed by atoms with E-state index in [0.717, 1.165) is 36.6 Å². The fourth-order valence-electron chi connectivity index (χ4n) is 2.69. The van der Waals surface area contributed by atoms with Gasteiger partial charge in [-0.05, 0) is 35.3 Å². The minimum absolute atomic E-state index is 0.149. The van der Waals surface area contributed by atoms with Gasteiger partial charge in [-0.2, -0.15) is 0 Å². The van der Waals surface area contributed by atoms with Crippen molar-refractivity contribution in [2.45, 2.75) is 38.5 Å². The van der Waals surface area contributed by atoms with E-state index in [2.05, 4.69) is 22.9 Å². The summed E-state index contributed by atoms with van der Waals surface area (Å²) in [5.74, 6) is -0.0139. The summed E-state index contributed by atoms with van der Waals surface area (Å²) >= 11 is 0. The van der Waals surface area contributed by atoms with Gasteiger partial charge >= 0.3 is 5.97 Å². The Kier molecular flexibility index (Phi) is 7.21. The third-order valence-electron chi connectivity index (χ3n) is 4.05. The van der Waals surface area contributed by atoms with Crippen molar-refractivity contribution in [2.75, 3.05) is 7.11 Å². The van der Waals surface area contributed by atoms with E-state index >= 15 is 0 Å². The minimum Gasteiger partial charge on any atom is -0.469 e. The highest BCUT2D eigenvalue weighted by Crippen LogP contribution is 2.19. The molecule has 0 aromatic heterocycles. The van der Waals surface area contributed by atoms with Gasteiger partial charge in [0.05, 0.1) is 7.11 Å². The molecule has 0 heterocycles. The lowest BCUT2D eigenvalue weighted by atomic mass is 10.0. The first-order valence-electron chi connectivity index (χ1n) is 8.46. The van der Waals surface area contributed by atoms with Crippen molar-refractivity contribution in [3.05, 3.63) is 54.1 Å². The van der Waals surface area contributed by atoms with Crippen LogP contribution in [0.3, 0.4) is 0 Å². The molecular weight excluding hydrogens is 300 g/mol. The molecule has 2 rings (SSSR count). The summed E-state index contributed by atoms with van der Waals surface area (Å²) in [5.41, 5.74) is 1.07. The van der Waals surface area contributed by atoms with Gasteiger partial charge in [0.2, 0.25) is 0 Å². The Morgan fingerprint density at radius 2 is 1.62 bits per heavy atom. The normalized spacial score (nSPS) is 11.0. The smallest absolute Gasteiger partial charge is 0.305 e. The van der Waals surface area contributed by atoms with Crippen molar-refractivity contribution in [3.63, 3.8) is 0 Å². The number of hydrogen-bond acceptors (Lipinski definition) is 3. The monoisotopic (exact) mass is 324 g/mol. The number of ether oxygens (including phenoxy) is 1. The summed E-state index contributed by atoms with van der Waals surface area (Å²) in [6.07, 6.45) is 8.20. The summed E-state index contributed by atoms with van der Waals surface area (Å²) in [5, 5.41) is 2.34. The molecule has 0 amide bonds. The van der Waals surface area contributed by atoms with Gasteiger partial charge in [0, 0.05) is 12.8 Å². The molecule has 0 aliphatic rings. The van der Waals surface area contributed by atoms with Gasteiger partial charge in [0.25, 0.3) is 0 Å². The maximum Gasteiger partial charge on any atom is 0.305 e. The minimum atomic E-state index is -0.163. The first kappa shape index (κ1) is 17.9. The highest BCUT2D eigenvalue weighted by atomic mass is 16.5. The van der Waals surface area contributed by atoms with E-state index in [0.29, 0.717) is 12.8 Å². The second kappa shape index (κ2) is 9.66. The van der Waals surface area contributed by atoms with Crippen molar-refractivity contribution in [1.29, 1.82) is 0 Å². The molecule has 24 heavy (non-hydrogen) atoms. The van der Waals surface area contributed by atoms with Crippen LogP contribution < -0.4 is 0 Å². The number of fused-ring (bicyclic) bond motifs is 1. The van der Waals surface area contributed by atoms with Crippen LogP contribution >= 0.6 is 0 Å². The summed E-state index contributed by atoms with van der Waals surface area (Å²) in [6, 6.07) is 14.3. The van der Waals surface area contributed by atoms with Gasteiger partial charge in [0.15, 0.2) is 5.78 Å². The molecule has 126 valence electrons. The van der Waals surface area contributed by atoms with Gasteiger partial charge in [-0.15, -0.1) is 0 Å². The first-order valence-corrected chi connectivity index (χ1v) is 8.46. The molecule has 0 N–H and O–H groups in total. The number of benzene rings is 2. The maximum atomic E-state index is 12.0. The van der Waals surface area contributed by atoms with Gasteiger partial charge in [-0.1, -0.05) is 61.4 Å². The number of methoxy groups -OCH3 is 1. The Balaban J connectivity index is 1.76. The second-order valence-corrected chi connectivity index (χ2v) is 5.86. The zero-order valence-corrected chi connectivity index (χ0v) is 14.2.